The van der Waals surface area contributed by atoms with Crippen LogP contribution < -0.4 is 10.0 Å². The summed E-state index contributed by atoms with van der Waals surface area (Å²) in [5.41, 5.74) is 2.19. The Kier molecular flexibility index (Phi) is 6.25. The van der Waals surface area contributed by atoms with Gasteiger partial charge < -0.3 is 5.32 Å². The molecule has 3 rings (SSSR count). The predicted molar refractivity (Wildman–Crippen MR) is 109 cm³/mol. The van der Waals surface area contributed by atoms with Gasteiger partial charge in [0.25, 0.3) is 0 Å². The van der Waals surface area contributed by atoms with Gasteiger partial charge in [-0.05, 0) is 49.4 Å². The SMILES string of the molecule is Cc1ccc(C(NC(=O)CNS(=O)(=O)c2ccc(Br)cc2Cl)C2CC2)cc1. The number of sulfonamides is 1. The van der Waals surface area contributed by atoms with Gasteiger partial charge in [-0.15, -0.1) is 0 Å². The normalized spacial score (nSPS) is 15.4. The smallest absolute Gasteiger partial charge is 0.242 e. The van der Waals surface area contributed by atoms with Crippen molar-refractivity contribution in [1.29, 1.82) is 0 Å². The lowest BCUT2D eigenvalue weighted by Crippen LogP contribution is -2.39. The lowest BCUT2D eigenvalue weighted by atomic mass is 10.0. The van der Waals surface area contributed by atoms with Crippen LogP contribution in [0.25, 0.3) is 0 Å². The molecule has 0 radical (unpaired) electrons. The second kappa shape index (κ2) is 8.31. The Hall–Kier alpha value is -1.41. The second-order valence-corrected chi connectivity index (χ2v) is 9.75. The van der Waals surface area contributed by atoms with Crippen molar-refractivity contribution < 1.29 is 13.2 Å². The average Bonchev–Trinajstić information content (AvgIpc) is 3.43. The van der Waals surface area contributed by atoms with Gasteiger partial charge >= 0.3 is 0 Å². The number of amides is 1. The molecule has 0 heterocycles. The van der Waals surface area contributed by atoms with Crippen molar-refractivity contribution in [2.24, 2.45) is 5.92 Å². The summed E-state index contributed by atoms with van der Waals surface area (Å²) in [5.74, 6) is 0.0264. The molecular formula is C19H20BrClN2O3S. The van der Waals surface area contributed by atoms with E-state index in [0.717, 1.165) is 24.0 Å². The minimum Gasteiger partial charge on any atom is -0.348 e. The largest absolute Gasteiger partial charge is 0.348 e. The Bertz CT molecular complexity index is 944. The molecule has 2 N–H and O–H groups in total. The van der Waals surface area contributed by atoms with Gasteiger partial charge in [0.1, 0.15) is 4.90 Å². The zero-order valence-corrected chi connectivity index (χ0v) is 17.9. The van der Waals surface area contributed by atoms with Crippen molar-refractivity contribution in [1.82, 2.24) is 10.0 Å². The molecule has 5 nitrogen and oxygen atoms in total. The molecule has 0 aliphatic heterocycles. The predicted octanol–water partition coefficient (Wildman–Crippen LogP) is 3.96. The van der Waals surface area contributed by atoms with E-state index in [-0.39, 0.29) is 28.4 Å². The molecule has 0 bridgehead atoms. The van der Waals surface area contributed by atoms with Crippen LogP contribution in [0.4, 0.5) is 0 Å². The highest BCUT2D eigenvalue weighted by molar-refractivity contribution is 9.10. The molecule has 1 saturated carbocycles. The summed E-state index contributed by atoms with van der Waals surface area (Å²) in [5, 5.41) is 3.05. The summed E-state index contributed by atoms with van der Waals surface area (Å²) in [6, 6.07) is 12.4. The van der Waals surface area contributed by atoms with E-state index in [2.05, 4.69) is 26.0 Å². The van der Waals surface area contributed by atoms with E-state index in [4.69, 9.17) is 11.6 Å². The number of carbonyl (C=O) groups excluding carboxylic acids is 1. The number of halogens is 2. The van der Waals surface area contributed by atoms with Crippen LogP contribution in [0, 0.1) is 12.8 Å². The van der Waals surface area contributed by atoms with Crippen LogP contribution in [-0.2, 0) is 14.8 Å². The molecule has 0 saturated heterocycles. The number of hydrogen-bond donors (Lipinski definition) is 2. The molecular weight excluding hydrogens is 452 g/mol. The van der Waals surface area contributed by atoms with Crippen LogP contribution in [0.15, 0.2) is 51.8 Å². The third-order valence-corrected chi connectivity index (χ3v) is 6.83. The summed E-state index contributed by atoms with van der Waals surface area (Å²) < 4.78 is 27.8. The zero-order valence-electron chi connectivity index (χ0n) is 14.7. The Balaban J connectivity index is 1.65. The zero-order chi connectivity index (χ0) is 19.6. The standard InChI is InChI=1S/C19H20BrClN2O3S/c1-12-2-4-13(5-3-12)19(14-6-7-14)23-18(24)11-22-27(25,26)17-9-8-15(20)10-16(17)21/h2-5,8-10,14,19,22H,6-7,11H2,1H3,(H,23,24). The summed E-state index contributed by atoms with van der Waals surface area (Å²) >= 11 is 9.24. The van der Waals surface area contributed by atoms with E-state index in [1.54, 1.807) is 6.07 Å². The molecule has 27 heavy (non-hydrogen) atoms. The van der Waals surface area contributed by atoms with Crippen molar-refractivity contribution in [3.05, 3.63) is 63.1 Å². The van der Waals surface area contributed by atoms with Gasteiger partial charge in [0, 0.05) is 4.47 Å². The maximum Gasteiger partial charge on any atom is 0.242 e. The van der Waals surface area contributed by atoms with Gasteiger partial charge in [-0.25, -0.2) is 13.1 Å². The Morgan fingerprint density at radius 3 is 2.48 bits per heavy atom. The fourth-order valence-electron chi connectivity index (χ4n) is 2.83. The molecule has 0 spiro atoms. The number of hydrogen-bond acceptors (Lipinski definition) is 3. The molecule has 8 heteroatoms. The third kappa shape index (κ3) is 5.31. The first-order chi connectivity index (χ1) is 12.8. The van der Waals surface area contributed by atoms with Crippen LogP contribution in [0.1, 0.15) is 30.0 Å². The van der Waals surface area contributed by atoms with Crippen molar-refractivity contribution in [3.63, 3.8) is 0 Å². The number of nitrogens with one attached hydrogen (secondary N) is 2. The van der Waals surface area contributed by atoms with Gasteiger partial charge in [-0.3, -0.25) is 4.79 Å². The topological polar surface area (TPSA) is 75.3 Å². The van der Waals surface area contributed by atoms with Gasteiger partial charge in [0.2, 0.25) is 15.9 Å². The van der Waals surface area contributed by atoms with Crippen molar-refractivity contribution in [2.45, 2.75) is 30.7 Å². The molecule has 144 valence electrons. The highest BCUT2D eigenvalue weighted by Crippen LogP contribution is 2.41. The minimum atomic E-state index is -3.88. The number of carbonyl (C=O) groups is 1. The Morgan fingerprint density at radius 2 is 1.89 bits per heavy atom. The molecule has 1 unspecified atom stereocenters. The Morgan fingerprint density at radius 1 is 1.22 bits per heavy atom. The second-order valence-electron chi connectivity index (χ2n) is 6.69. The van der Waals surface area contributed by atoms with Gasteiger partial charge in [0.05, 0.1) is 17.6 Å². The van der Waals surface area contributed by atoms with Crippen LogP contribution in [-0.4, -0.2) is 20.9 Å². The van der Waals surface area contributed by atoms with Crippen molar-refractivity contribution >= 4 is 43.5 Å². The fraction of sp³-hybridized carbons (Fsp3) is 0.316. The van der Waals surface area contributed by atoms with E-state index in [1.165, 1.54) is 12.1 Å². The summed E-state index contributed by atoms with van der Waals surface area (Å²) in [7, 11) is -3.88. The van der Waals surface area contributed by atoms with E-state index >= 15 is 0 Å². The van der Waals surface area contributed by atoms with Crippen LogP contribution in [0.5, 0.6) is 0 Å². The van der Waals surface area contributed by atoms with Crippen molar-refractivity contribution in [3.8, 4) is 0 Å². The highest BCUT2D eigenvalue weighted by Gasteiger charge is 2.33. The minimum absolute atomic E-state index is 0.0579. The lowest BCUT2D eigenvalue weighted by molar-refractivity contribution is -0.120. The molecule has 1 aliphatic rings. The molecule has 0 aromatic heterocycles. The van der Waals surface area contributed by atoms with Crippen LogP contribution in [0.3, 0.4) is 0 Å². The average molecular weight is 472 g/mol. The highest BCUT2D eigenvalue weighted by atomic mass is 79.9. The molecule has 1 fully saturated rings. The maximum absolute atomic E-state index is 12.4. The summed E-state index contributed by atoms with van der Waals surface area (Å²) in [6.07, 6.45) is 2.11. The first kappa shape index (κ1) is 20.3. The number of benzene rings is 2. The number of rotatable bonds is 7. The van der Waals surface area contributed by atoms with Gasteiger partial charge in [-0.1, -0.05) is 57.4 Å². The van der Waals surface area contributed by atoms with Crippen LogP contribution >= 0.6 is 27.5 Å². The maximum atomic E-state index is 12.4. The molecule has 1 atom stereocenters. The van der Waals surface area contributed by atoms with E-state index in [0.29, 0.717) is 10.4 Å². The lowest BCUT2D eigenvalue weighted by Gasteiger charge is -2.19. The van der Waals surface area contributed by atoms with Gasteiger partial charge in [-0.2, -0.15) is 0 Å². The first-order valence-corrected chi connectivity index (χ1v) is 11.2. The molecule has 1 aliphatic carbocycles. The first-order valence-electron chi connectivity index (χ1n) is 8.57. The van der Waals surface area contributed by atoms with E-state index in [9.17, 15) is 13.2 Å². The number of aryl methyl sites for hydroxylation is 1. The fourth-order valence-corrected chi connectivity index (χ4v) is 4.85. The van der Waals surface area contributed by atoms with E-state index < -0.39 is 10.0 Å². The van der Waals surface area contributed by atoms with E-state index in [1.807, 2.05) is 31.2 Å². The van der Waals surface area contributed by atoms with Crippen LogP contribution in [0.2, 0.25) is 5.02 Å². The monoisotopic (exact) mass is 470 g/mol. The quantitative estimate of drug-likeness (QED) is 0.642. The molecule has 2 aromatic carbocycles. The summed E-state index contributed by atoms with van der Waals surface area (Å²) in [6.45, 7) is 1.67. The molecule has 1 amide bonds. The third-order valence-electron chi connectivity index (χ3n) is 4.45. The Labute approximate surface area is 172 Å². The van der Waals surface area contributed by atoms with Crippen molar-refractivity contribution in [2.75, 3.05) is 6.54 Å². The van der Waals surface area contributed by atoms with Gasteiger partial charge in [0.15, 0.2) is 0 Å². The molecule has 2 aromatic rings. The summed E-state index contributed by atoms with van der Waals surface area (Å²) in [4.78, 5) is 12.3.